The number of aliphatic hydroxyl groups excluding tert-OH is 1. The van der Waals surface area contributed by atoms with Crippen molar-refractivity contribution in [2.24, 2.45) is 0 Å². The molecule has 0 fully saturated rings. The van der Waals surface area contributed by atoms with E-state index in [0.29, 0.717) is 12.3 Å². The Labute approximate surface area is 128 Å². The van der Waals surface area contributed by atoms with Crippen LogP contribution in [0.2, 0.25) is 0 Å². The van der Waals surface area contributed by atoms with E-state index in [0.717, 1.165) is 25.8 Å². The second-order valence-corrected chi connectivity index (χ2v) is 5.79. The Bertz CT molecular complexity index is 547. The maximum Gasteiger partial charge on any atom is 0.148 e. The standard InChI is InChI=1S/C14H13Br2NO2/c15-12-5-11(17)6-13(16)14(12)19-8-10-3-1-9(7-18)2-4-10/h1-6,18H,7-8,17H2. The molecule has 19 heavy (non-hydrogen) atoms. The summed E-state index contributed by atoms with van der Waals surface area (Å²) in [5, 5.41) is 8.98. The van der Waals surface area contributed by atoms with Crippen LogP contribution in [0, 0.1) is 0 Å². The van der Waals surface area contributed by atoms with Crippen molar-refractivity contribution in [3.05, 3.63) is 56.5 Å². The highest BCUT2D eigenvalue weighted by atomic mass is 79.9. The van der Waals surface area contributed by atoms with Crippen LogP contribution in [0.3, 0.4) is 0 Å². The van der Waals surface area contributed by atoms with Gasteiger partial charge in [0.1, 0.15) is 12.4 Å². The Kier molecular flexibility index (Phi) is 4.85. The predicted octanol–water partition coefficient (Wildman–Crippen LogP) is 3.87. The number of aliphatic hydroxyl groups is 1. The average molecular weight is 387 g/mol. The molecule has 0 spiro atoms. The van der Waals surface area contributed by atoms with Crippen molar-refractivity contribution in [2.75, 3.05) is 5.73 Å². The number of ether oxygens (including phenoxy) is 1. The highest BCUT2D eigenvalue weighted by Gasteiger charge is 2.08. The molecule has 2 rings (SSSR count). The zero-order chi connectivity index (χ0) is 13.8. The van der Waals surface area contributed by atoms with E-state index in [1.807, 2.05) is 24.3 Å². The SMILES string of the molecule is Nc1cc(Br)c(OCc2ccc(CO)cc2)c(Br)c1. The smallest absolute Gasteiger partial charge is 0.148 e. The van der Waals surface area contributed by atoms with E-state index in [-0.39, 0.29) is 6.61 Å². The molecule has 0 saturated heterocycles. The van der Waals surface area contributed by atoms with Gasteiger partial charge in [-0.05, 0) is 55.1 Å². The number of hydrogen-bond acceptors (Lipinski definition) is 3. The fourth-order valence-electron chi connectivity index (χ4n) is 1.61. The summed E-state index contributed by atoms with van der Waals surface area (Å²) in [5.74, 6) is 0.723. The van der Waals surface area contributed by atoms with Crippen molar-refractivity contribution in [3.63, 3.8) is 0 Å². The summed E-state index contributed by atoms with van der Waals surface area (Å²) in [5.41, 5.74) is 8.32. The molecule has 0 amide bonds. The minimum Gasteiger partial charge on any atom is -0.487 e. The van der Waals surface area contributed by atoms with Gasteiger partial charge in [-0.2, -0.15) is 0 Å². The molecule has 3 N–H and O–H groups in total. The minimum absolute atomic E-state index is 0.0518. The lowest BCUT2D eigenvalue weighted by Crippen LogP contribution is -1.98. The van der Waals surface area contributed by atoms with Crippen LogP contribution in [0.4, 0.5) is 5.69 Å². The maximum absolute atomic E-state index is 8.98. The van der Waals surface area contributed by atoms with Gasteiger partial charge in [-0.25, -0.2) is 0 Å². The molecule has 0 heterocycles. The zero-order valence-electron chi connectivity index (χ0n) is 10.1. The van der Waals surface area contributed by atoms with Crippen LogP contribution in [0.25, 0.3) is 0 Å². The summed E-state index contributed by atoms with van der Waals surface area (Å²) in [6.45, 7) is 0.503. The number of hydrogen-bond donors (Lipinski definition) is 2. The quantitative estimate of drug-likeness (QED) is 0.784. The number of anilines is 1. The van der Waals surface area contributed by atoms with Crippen LogP contribution < -0.4 is 10.5 Å². The summed E-state index contributed by atoms with van der Waals surface area (Å²) in [4.78, 5) is 0. The molecule has 0 bridgehead atoms. The van der Waals surface area contributed by atoms with Gasteiger partial charge in [-0.1, -0.05) is 24.3 Å². The van der Waals surface area contributed by atoms with Crippen LogP contribution in [0.15, 0.2) is 45.3 Å². The van der Waals surface area contributed by atoms with Crippen LogP contribution in [0.1, 0.15) is 11.1 Å². The molecular weight excluding hydrogens is 374 g/mol. The van der Waals surface area contributed by atoms with Crippen molar-refractivity contribution in [2.45, 2.75) is 13.2 Å². The molecular formula is C14H13Br2NO2. The van der Waals surface area contributed by atoms with Gasteiger partial charge in [-0.3, -0.25) is 0 Å². The first-order valence-corrected chi connectivity index (χ1v) is 7.24. The van der Waals surface area contributed by atoms with Gasteiger partial charge in [0.2, 0.25) is 0 Å². The average Bonchev–Trinajstić information content (AvgIpc) is 2.38. The van der Waals surface area contributed by atoms with Crippen LogP contribution in [-0.4, -0.2) is 5.11 Å². The highest BCUT2D eigenvalue weighted by molar-refractivity contribution is 9.11. The van der Waals surface area contributed by atoms with E-state index >= 15 is 0 Å². The summed E-state index contributed by atoms with van der Waals surface area (Å²) in [7, 11) is 0. The monoisotopic (exact) mass is 385 g/mol. The Balaban J connectivity index is 2.10. The number of nitrogens with two attached hydrogens (primary N) is 1. The molecule has 100 valence electrons. The molecule has 0 aliphatic rings. The van der Waals surface area contributed by atoms with Gasteiger partial charge < -0.3 is 15.6 Å². The van der Waals surface area contributed by atoms with Gasteiger partial charge in [0.25, 0.3) is 0 Å². The Morgan fingerprint density at radius 2 is 1.53 bits per heavy atom. The van der Waals surface area contributed by atoms with Gasteiger partial charge in [0, 0.05) is 5.69 Å². The van der Waals surface area contributed by atoms with Gasteiger partial charge in [-0.15, -0.1) is 0 Å². The van der Waals surface area contributed by atoms with Crippen LogP contribution >= 0.6 is 31.9 Å². The van der Waals surface area contributed by atoms with Crippen molar-refractivity contribution in [1.29, 1.82) is 0 Å². The molecule has 0 aromatic heterocycles. The van der Waals surface area contributed by atoms with Crippen molar-refractivity contribution in [1.82, 2.24) is 0 Å². The lowest BCUT2D eigenvalue weighted by Gasteiger charge is -2.11. The first kappa shape index (κ1) is 14.4. The summed E-state index contributed by atoms with van der Waals surface area (Å²) < 4.78 is 7.39. The second-order valence-electron chi connectivity index (χ2n) is 4.08. The van der Waals surface area contributed by atoms with E-state index in [1.165, 1.54) is 0 Å². The van der Waals surface area contributed by atoms with Crippen molar-refractivity contribution >= 4 is 37.5 Å². The second kappa shape index (κ2) is 6.41. The van der Waals surface area contributed by atoms with E-state index in [4.69, 9.17) is 15.6 Å². The van der Waals surface area contributed by atoms with Gasteiger partial charge in [0.05, 0.1) is 15.6 Å². The molecule has 0 aliphatic heterocycles. The first-order chi connectivity index (χ1) is 9.10. The molecule has 5 heteroatoms. The fraction of sp³-hybridized carbons (Fsp3) is 0.143. The first-order valence-electron chi connectivity index (χ1n) is 5.66. The molecule has 2 aromatic rings. The third kappa shape index (κ3) is 3.72. The van der Waals surface area contributed by atoms with E-state index in [1.54, 1.807) is 12.1 Å². The lowest BCUT2D eigenvalue weighted by atomic mass is 10.1. The minimum atomic E-state index is 0.0518. The third-order valence-electron chi connectivity index (χ3n) is 2.61. The summed E-state index contributed by atoms with van der Waals surface area (Å²) in [6.07, 6.45) is 0. The number of halogens is 2. The van der Waals surface area contributed by atoms with E-state index in [2.05, 4.69) is 31.9 Å². The molecule has 0 saturated carbocycles. The molecule has 3 nitrogen and oxygen atoms in total. The molecule has 0 radical (unpaired) electrons. The van der Waals surface area contributed by atoms with Crippen LogP contribution in [-0.2, 0) is 13.2 Å². The largest absolute Gasteiger partial charge is 0.487 e. The van der Waals surface area contributed by atoms with Gasteiger partial charge >= 0.3 is 0 Å². The van der Waals surface area contributed by atoms with Crippen molar-refractivity contribution in [3.8, 4) is 5.75 Å². The Morgan fingerprint density at radius 1 is 1.00 bits per heavy atom. The maximum atomic E-state index is 8.98. The molecule has 0 unspecified atom stereocenters. The van der Waals surface area contributed by atoms with Gasteiger partial charge in [0.15, 0.2) is 0 Å². The summed E-state index contributed by atoms with van der Waals surface area (Å²) >= 11 is 6.85. The number of nitrogen functional groups attached to an aromatic ring is 1. The third-order valence-corrected chi connectivity index (χ3v) is 3.79. The highest BCUT2D eigenvalue weighted by Crippen LogP contribution is 2.36. The molecule has 0 atom stereocenters. The predicted molar refractivity (Wildman–Crippen MR) is 83.0 cm³/mol. The molecule has 0 aliphatic carbocycles. The lowest BCUT2D eigenvalue weighted by molar-refractivity contribution is 0.281. The Morgan fingerprint density at radius 3 is 2.05 bits per heavy atom. The van der Waals surface area contributed by atoms with E-state index < -0.39 is 0 Å². The van der Waals surface area contributed by atoms with Crippen LogP contribution in [0.5, 0.6) is 5.75 Å². The normalized spacial score (nSPS) is 10.5. The molecule has 2 aromatic carbocycles. The van der Waals surface area contributed by atoms with Crippen molar-refractivity contribution < 1.29 is 9.84 Å². The Hall–Kier alpha value is -1.04. The topological polar surface area (TPSA) is 55.5 Å². The number of rotatable bonds is 4. The van der Waals surface area contributed by atoms with E-state index in [9.17, 15) is 0 Å². The fourth-order valence-corrected chi connectivity index (χ4v) is 3.06. The zero-order valence-corrected chi connectivity index (χ0v) is 13.2. The number of benzene rings is 2. The summed E-state index contributed by atoms with van der Waals surface area (Å²) in [6, 6.07) is 11.2.